The molecule has 4 nitrogen and oxygen atoms in total. The molecule has 0 amide bonds. The molecule has 2 aromatic heterocycles. The van der Waals surface area contributed by atoms with E-state index in [1.807, 2.05) is 19.1 Å². The Kier molecular flexibility index (Phi) is 9.31. The fourth-order valence-electron chi connectivity index (χ4n) is 2.22. The number of nitrogen functional groups attached to an aromatic ring is 1. The first-order valence-corrected chi connectivity index (χ1v) is 9.26. The summed E-state index contributed by atoms with van der Waals surface area (Å²) in [6.45, 7) is 13.0. The van der Waals surface area contributed by atoms with Gasteiger partial charge in [0.1, 0.15) is 0 Å². The fraction of sp³-hybridized carbons (Fsp3) is 0.429. The van der Waals surface area contributed by atoms with E-state index in [9.17, 15) is 0 Å². The summed E-state index contributed by atoms with van der Waals surface area (Å²) >= 11 is 6.24. The summed E-state index contributed by atoms with van der Waals surface area (Å²) < 4.78 is 4.78. The minimum atomic E-state index is 0.393. The molecule has 5 heteroatoms. The zero-order valence-corrected chi connectivity index (χ0v) is 17.2. The van der Waals surface area contributed by atoms with Crippen LogP contribution < -0.4 is 5.73 Å². The lowest BCUT2D eigenvalue weighted by Gasteiger charge is -2.11. The second-order valence-corrected chi connectivity index (χ2v) is 6.92. The highest BCUT2D eigenvalue weighted by Gasteiger charge is 2.12. The Hall–Kier alpha value is -1.91. The van der Waals surface area contributed by atoms with Crippen LogP contribution in [0.15, 0.2) is 31.0 Å². The zero-order valence-electron chi connectivity index (χ0n) is 16.5. The van der Waals surface area contributed by atoms with Crippen molar-refractivity contribution in [3.05, 3.63) is 47.4 Å². The third kappa shape index (κ3) is 6.43. The molecular weight excluding hydrogens is 346 g/mol. The summed E-state index contributed by atoms with van der Waals surface area (Å²) in [7, 11) is 1.73. The molecule has 0 fully saturated rings. The maximum Gasteiger partial charge on any atom is 0.0912 e. The van der Waals surface area contributed by atoms with Gasteiger partial charge in [-0.2, -0.15) is 0 Å². The first-order chi connectivity index (χ1) is 12.3. The number of anilines is 1. The van der Waals surface area contributed by atoms with Crippen LogP contribution in [0.5, 0.6) is 0 Å². The highest BCUT2D eigenvalue weighted by atomic mass is 35.5. The predicted molar refractivity (Wildman–Crippen MR) is 112 cm³/mol. The van der Waals surface area contributed by atoms with Crippen molar-refractivity contribution in [3.63, 3.8) is 0 Å². The highest BCUT2D eigenvalue weighted by Crippen LogP contribution is 2.31. The van der Waals surface area contributed by atoms with Gasteiger partial charge < -0.3 is 10.5 Å². The van der Waals surface area contributed by atoms with Crippen molar-refractivity contribution in [2.45, 2.75) is 46.5 Å². The standard InChI is InChI=1S/C16H18ClN3.C5H12O/c1-9(2)14-6-5-11(8-19-14)16-12(17)7-13(18)15(20-16)10(3)4;1-3-4-5-6-2/h5-9H,3,18H2,1-2,4H3;3-5H2,1-2H3. The Morgan fingerprint density at radius 3 is 2.46 bits per heavy atom. The van der Waals surface area contributed by atoms with Gasteiger partial charge >= 0.3 is 0 Å². The Bertz CT molecular complexity index is 708. The van der Waals surface area contributed by atoms with E-state index in [1.165, 1.54) is 12.8 Å². The number of rotatable bonds is 6. The molecule has 0 radical (unpaired) electrons. The number of ether oxygens (including phenoxy) is 1. The Morgan fingerprint density at radius 2 is 2.04 bits per heavy atom. The van der Waals surface area contributed by atoms with Gasteiger partial charge in [-0.25, -0.2) is 4.98 Å². The average Bonchev–Trinajstić information content (AvgIpc) is 2.60. The Labute approximate surface area is 162 Å². The van der Waals surface area contributed by atoms with Crippen LogP contribution >= 0.6 is 11.6 Å². The number of nitrogens with two attached hydrogens (primary N) is 1. The fourth-order valence-corrected chi connectivity index (χ4v) is 2.49. The van der Waals surface area contributed by atoms with Crippen molar-refractivity contribution in [1.29, 1.82) is 0 Å². The van der Waals surface area contributed by atoms with Crippen molar-refractivity contribution in [2.24, 2.45) is 0 Å². The molecule has 0 saturated heterocycles. The molecular formula is C21H30ClN3O. The molecule has 2 N–H and O–H groups in total. The van der Waals surface area contributed by atoms with E-state index in [1.54, 1.807) is 19.4 Å². The molecule has 0 spiro atoms. The van der Waals surface area contributed by atoms with Gasteiger partial charge in [-0.05, 0) is 43.0 Å². The van der Waals surface area contributed by atoms with Crippen molar-refractivity contribution in [2.75, 3.05) is 19.5 Å². The van der Waals surface area contributed by atoms with Crippen molar-refractivity contribution in [3.8, 4) is 11.3 Å². The maximum absolute atomic E-state index is 6.24. The number of hydrogen-bond donors (Lipinski definition) is 1. The Balaban J connectivity index is 0.000000487. The molecule has 0 aliphatic rings. The van der Waals surface area contributed by atoms with Gasteiger partial charge in [0.15, 0.2) is 0 Å². The number of nitrogens with zero attached hydrogens (tertiary/aromatic N) is 2. The van der Waals surface area contributed by atoms with Gasteiger partial charge in [0.2, 0.25) is 0 Å². The van der Waals surface area contributed by atoms with E-state index < -0.39 is 0 Å². The third-order valence-electron chi connectivity index (χ3n) is 3.76. The molecule has 26 heavy (non-hydrogen) atoms. The van der Waals surface area contributed by atoms with Crippen LogP contribution in [0.2, 0.25) is 5.02 Å². The quantitative estimate of drug-likeness (QED) is 0.632. The number of methoxy groups -OCH3 is 1. The molecule has 0 bridgehead atoms. The molecule has 0 aromatic carbocycles. The average molecular weight is 376 g/mol. The molecule has 0 unspecified atom stereocenters. The Morgan fingerprint density at radius 1 is 1.35 bits per heavy atom. The SMILES string of the molecule is C=C(C)c1nc(-c2ccc(C(C)C)nc2)c(Cl)cc1N.CCCCOC. The first-order valence-electron chi connectivity index (χ1n) is 8.88. The van der Waals surface area contributed by atoms with Crippen LogP contribution in [0, 0.1) is 0 Å². The predicted octanol–water partition coefficient (Wildman–Crippen LogP) is 5.97. The topological polar surface area (TPSA) is 61.0 Å². The van der Waals surface area contributed by atoms with E-state index in [0.29, 0.717) is 28.0 Å². The number of pyridine rings is 2. The molecule has 2 heterocycles. The van der Waals surface area contributed by atoms with E-state index >= 15 is 0 Å². The largest absolute Gasteiger partial charge is 0.397 e. The number of halogens is 1. The van der Waals surface area contributed by atoms with Crippen LogP contribution in [-0.4, -0.2) is 23.7 Å². The van der Waals surface area contributed by atoms with Gasteiger partial charge in [-0.15, -0.1) is 0 Å². The lowest BCUT2D eigenvalue weighted by molar-refractivity contribution is 0.194. The van der Waals surface area contributed by atoms with Gasteiger partial charge in [0.05, 0.1) is 22.1 Å². The van der Waals surface area contributed by atoms with Gasteiger partial charge in [0, 0.05) is 31.2 Å². The van der Waals surface area contributed by atoms with Gasteiger partial charge in [-0.3, -0.25) is 4.98 Å². The minimum Gasteiger partial charge on any atom is -0.397 e. The maximum atomic E-state index is 6.24. The number of hydrogen-bond acceptors (Lipinski definition) is 4. The van der Waals surface area contributed by atoms with Gasteiger partial charge in [-0.1, -0.05) is 45.4 Å². The molecule has 2 aromatic rings. The smallest absolute Gasteiger partial charge is 0.0912 e. The highest BCUT2D eigenvalue weighted by molar-refractivity contribution is 6.33. The van der Waals surface area contributed by atoms with E-state index in [4.69, 9.17) is 22.1 Å². The number of allylic oxidation sites excluding steroid dienone is 1. The summed E-state index contributed by atoms with van der Waals surface area (Å²) in [5, 5.41) is 0.520. The van der Waals surface area contributed by atoms with E-state index in [2.05, 4.69) is 37.3 Å². The second-order valence-electron chi connectivity index (χ2n) is 6.51. The number of aromatic nitrogens is 2. The minimum absolute atomic E-state index is 0.393. The van der Waals surface area contributed by atoms with E-state index in [0.717, 1.165) is 23.4 Å². The monoisotopic (exact) mass is 375 g/mol. The van der Waals surface area contributed by atoms with Crippen LogP contribution in [0.1, 0.15) is 57.8 Å². The summed E-state index contributed by atoms with van der Waals surface area (Å²) in [6, 6.07) is 5.69. The summed E-state index contributed by atoms with van der Waals surface area (Å²) in [6.07, 6.45) is 4.21. The first kappa shape index (κ1) is 22.1. The molecule has 0 atom stereocenters. The van der Waals surface area contributed by atoms with E-state index in [-0.39, 0.29) is 0 Å². The van der Waals surface area contributed by atoms with Crippen LogP contribution in [0.4, 0.5) is 5.69 Å². The normalized spacial score (nSPS) is 10.4. The van der Waals surface area contributed by atoms with Crippen LogP contribution in [-0.2, 0) is 4.74 Å². The van der Waals surface area contributed by atoms with Crippen molar-refractivity contribution >= 4 is 22.9 Å². The molecule has 142 valence electrons. The summed E-state index contributed by atoms with van der Waals surface area (Å²) in [4.78, 5) is 8.96. The lowest BCUT2D eigenvalue weighted by atomic mass is 10.1. The molecule has 0 aliphatic heterocycles. The zero-order chi connectivity index (χ0) is 19.7. The lowest BCUT2D eigenvalue weighted by Crippen LogP contribution is -1.99. The van der Waals surface area contributed by atoms with Crippen molar-refractivity contribution in [1.82, 2.24) is 9.97 Å². The second kappa shape index (κ2) is 10.9. The summed E-state index contributed by atoms with van der Waals surface area (Å²) in [5.41, 5.74) is 10.5. The van der Waals surface area contributed by atoms with Crippen molar-refractivity contribution < 1.29 is 4.74 Å². The van der Waals surface area contributed by atoms with Crippen LogP contribution in [0.25, 0.3) is 16.8 Å². The molecule has 0 aliphatic carbocycles. The molecule has 0 saturated carbocycles. The third-order valence-corrected chi connectivity index (χ3v) is 4.05. The molecule has 2 rings (SSSR count). The summed E-state index contributed by atoms with van der Waals surface area (Å²) in [5.74, 6) is 0.393. The number of unbranched alkanes of at least 4 members (excludes halogenated alkanes) is 1. The van der Waals surface area contributed by atoms with Crippen LogP contribution in [0.3, 0.4) is 0 Å². The van der Waals surface area contributed by atoms with Gasteiger partial charge in [0.25, 0.3) is 0 Å².